The normalized spacial score (nSPS) is 11.4. The number of hydrogen-bond donors (Lipinski definition) is 0. The predicted molar refractivity (Wildman–Crippen MR) is 57.6 cm³/mol. The number of hydrogen-bond acceptors (Lipinski definition) is 2. The van der Waals surface area contributed by atoms with Gasteiger partial charge in [-0.15, -0.1) is 0 Å². The number of rotatable bonds is 3. The van der Waals surface area contributed by atoms with Crippen LogP contribution in [-0.2, 0) is 6.18 Å². The fourth-order valence-electron chi connectivity index (χ4n) is 1.42. The van der Waals surface area contributed by atoms with Crippen molar-refractivity contribution in [1.82, 2.24) is 0 Å². The maximum atomic E-state index is 12.9. The first kappa shape index (κ1) is 13.8. The van der Waals surface area contributed by atoms with E-state index >= 15 is 0 Å². The van der Waals surface area contributed by atoms with Crippen molar-refractivity contribution in [2.75, 3.05) is 6.61 Å². The van der Waals surface area contributed by atoms with Gasteiger partial charge >= 0.3 is 6.18 Å². The lowest BCUT2D eigenvalue weighted by Crippen LogP contribution is -2.14. The number of ketones is 1. The minimum Gasteiger partial charge on any atom is -0.492 e. The van der Waals surface area contributed by atoms with Crippen molar-refractivity contribution >= 4 is 17.4 Å². The summed E-state index contributed by atoms with van der Waals surface area (Å²) >= 11 is 5.65. The zero-order valence-electron chi connectivity index (χ0n) is 9.19. The van der Waals surface area contributed by atoms with Crippen LogP contribution in [-0.4, -0.2) is 12.4 Å². The fourth-order valence-corrected chi connectivity index (χ4v) is 1.63. The van der Waals surface area contributed by atoms with E-state index in [1.54, 1.807) is 0 Å². The maximum absolute atomic E-state index is 12.9. The first-order valence-electron chi connectivity index (χ1n) is 4.82. The van der Waals surface area contributed by atoms with Gasteiger partial charge < -0.3 is 4.74 Å². The summed E-state index contributed by atoms with van der Waals surface area (Å²) in [5, 5.41) is -0.163. The molecule has 94 valence electrons. The van der Waals surface area contributed by atoms with Gasteiger partial charge in [0.05, 0.1) is 11.6 Å². The Morgan fingerprint density at radius 2 is 2.00 bits per heavy atom. The number of carbonyl (C=O) groups excluding carboxylic acids is 1. The molecule has 0 atom stereocenters. The first-order chi connectivity index (χ1) is 7.79. The van der Waals surface area contributed by atoms with E-state index in [4.69, 9.17) is 16.3 Å². The molecule has 0 amide bonds. The zero-order chi connectivity index (χ0) is 13.2. The van der Waals surface area contributed by atoms with E-state index in [9.17, 15) is 18.0 Å². The Hall–Kier alpha value is -1.23. The van der Waals surface area contributed by atoms with E-state index in [0.29, 0.717) is 0 Å². The van der Waals surface area contributed by atoms with Gasteiger partial charge in [0.15, 0.2) is 11.5 Å². The molecule has 6 heteroatoms. The van der Waals surface area contributed by atoms with Crippen molar-refractivity contribution in [3.05, 3.63) is 28.3 Å². The second-order valence-corrected chi connectivity index (χ2v) is 3.69. The van der Waals surface area contributed by atoms with E-state index in [1.807, 2.05) is 0 Å². The summed E-state index contributed by atoms with van der Waals surface area (Å²) in [7, 11) is 0. The molecule has 1 aromatic rings. The molecular weight excluding hydrogens is 257 g/mol. The molecule has 0 saturated heterocycles. The molecule has 0 fully saturated rings. The van der Waals surface area contributed by atoms with Crippen LogP contribution >= 0.6 is 11.6 Å². The van der Waals surface area contributed by atoms with Gasteiger partial charge in [0.25, 0.3) is 0 Å². The Balaban J connectivity index is 3.56. The molecule has 0 aliphatic carbocycles. The summed E-state index contributed by atoms with van der Waals surface area (Å²) in [6, 6.07) is 2.27. The van der Waals surface area contributed by atoms with Crippen LogP contribution in [0.15, 0.2) is 12.1 Å². The average molecular weight is 267 g/mol. The second kappa shape index (κ2) is 4.96. The van der Waals surface area contributed by atoms with Crippen molar-refractivity contribution in [3.8, 4) is 5.75 Å². The molecule has 17 heavy (non-hydrogen) atoms. The topological polar surface area (TPSA) is 26.3 Å². The number of ether oxygens (including phenoxy) is 1. The maximum Gasteiger partial charge on any atom is 0.420 e. The molecule has 1 aromatic carbocycles. The summed E-state index contributed by atoms with van der Waals surface area (Å²) in [5.74, 6) is -1.18. The Bertz CT molecular complexity index is 441. The summed E-state index contributed by atoms with van der Waals surface area (Å²) in [6.45, 7) is 2.63. The average Bonchev–Trinajstić information content (AvgIpc) is 2.18. The molecule has 0 aliphatic rings. The van der Waals surface area contributed by atoms with Crippen molar-refractivity contribution in [2.24, 2.45) is 0 Å². The molecule has 0 aromatic heterocycles. The van der Waals surface area contributed by atoms with Gasteiger partial charge in [-0.1, -0.05) is 11.6 Å². The van der Waals surface area contributed by atoms with E-state index < -0.39 is 28.8 Å². The molecule has 0 unspecified atom stereocenters. The van der Waals surface area contributed by atoms with Gasteiger partial charge in [-0.25, -0.2) is 0 Å². The van der Waals surface area contributed by atoms with Crippen LogP contribution in [0, 0.1) is 0 Å². The van der Waals surface area contributed by atoms with E-state index in [2.05, 4.69) is 0 Å². The van der Waals surface area contributed by atoms with Crippen molar-refractivity contribution in [3.63, 3.8) is 0 Å². The standard InChI is InChI=1S/C11H10ClF3O2/c1-3-17-10-8(12)5-4-7(6(2)16)9(10)11(13,14)15/h4-5H,3H2,1-2H3. The van der Waals surface area contributed by atoms with Crippen LogP contribution < -0.4 is 4.74 Å². The highest BCUT2D eigenvalue weighted by molar-refractivity contribution is 6.32. The van der Waals surface area contributed by atoms with E-state index in [1.165, 1.54) is 13.0 Å². The summed E-state index contributed by atoms with van der Waals surface area (Å²) in [5.41, 5.74) is -1.55. The summed E-state index contributed by atoms with van der Waals surface area (Å²) in [4.78, 5) is 11.2. The van der Waals surface area contributed by atoms with Crippen molar-refractivity contribution < 1.29 is 22.7 Å². The first-order valence-corrected chi connectivity index (χ1v) is 5.20. The molecule has 1 rings (SSSR count). The minimum absolute atomic E-state index is 0.0319. The molecule has 2 nitrogen and oxygen atoms in total. The van der Waals surface area contributed by atoms with Gasteiger partial charge in [0.2, 0.25) is 0 Å². The highest BCUT2D eigenvalue weighted by Crippen LogP contribution is 2.42. The monoisotopic (exact) mass is 266 g/mol. The lowest BCUT2D eigenvalue weighted by atomic mass is 10.0. The number of benzene rings is 1. The molecule has 0 N–H and O–H groups in total. The third-order valence-electron chi connectivity index (χ3n) is 2.06. The second-order valence-electron chi connectivity index (χ2n) is 3.29. The van der Waals surface area contributed by atoms with Crippen LogP contribution in [0.5, 0.6) is 5.75 Å². The van der Waals surface area contributed by atoms with E-state index in [-0.39, 0.29) is 11.6 Å². The highest BCUT2D eigenvalue weighted by Gasteiger charge is 2.39. The molecule has 0 bridgehead atoms. The Morgan fingerprint density at radius 1 is 1.41 bits per heavy atom. The zero-order valence-corrected chi connectivity index (χ0v) is 9.95. The number of Topliss-reactive ketones (excluding diaryl/α,β-unsaturated/α-hetero) is 1. The SMILES string of the molecule is CCOc1c(Cl)ccc(C(C)=O)c1C(F)(F)F. The largest absolute Gasteiger partial charge is 0.492 e. The van der Waals surface area contributed by atoms with Gasteiger partial charge in [0, 0.05) is 5.56 Å². The van der Waals surface area contributed by atoms with Crippen LogP contribution in [0.25, 0.3) is 0 Å². The quantitative estimate of drug-likeness (QED) is 0.774. The fraction of sp³-hybridized carbons (Fsp3) is 0.364. The Morgan fingerprint density at radius 3 is 2.41 bits per heavy atom. The number of halogens is 4. The van der Waals surface area contributed by atoms with Gasteiger partial charge in [-0.3, -0.25) is 4.79 Å². The van der Waals surface area contributed by atoms with Crippen LogP contribution in [0.2, 0.25) is 5.02 Å². The number of carbonyl (C=O) groups is 1. The lowest BCUT2D eigenvalue weighted by Gasteiger charge is -2.17. The van der Waals surface area contributed by atoms with Crippen LogP contribution in [0.4, 0.5) is 13.2 Å². The molecular formula is C11H10ClF3O2. The molecule has 0 saturated carbocycles. The molecule has 0 aliphatic heterocycles. The summed E-state index contributed by atoms with van der Waals surface area (Å²) < 4.78 is 43.5. The molecule has 0 radical (unpaired) electrons. The third kappa shape index (κ3) is 2.91. The summed E-state index contributed by atoms with van der Waals surface area (Å²) in [6.07, 6.45) is -4.68. The van der Waals surface area contributed by atoms with Crippen molar-refractivity contribution in [1.29, 1.82) is 0 Å². The lowest BCUT2D eigenvalue weighted by molar-refractivity contribution is -0.139. The molecule has 0 spiro atoms. The Kier molecular flexibility index (Phi) is 4.03. The Labute approximate surface area is 101 Å². The minimum atomic E-state index is -4.68. The number of alkyl halides is 3. The van der Waals surface area contributed by atoms with E-state index in [0.717, 1.165) is 13.0 Å². The van der Waals surface area contributed by atoms with Gasteiger partial charge in [-0.2, -0.15) is 13.2 Å². The highest BCUT2D eigenvalue weighted by atomic mass is 35.5. The third-order valence-corrected chi connectivity index (χ3v) is 2.36. The van der Waals surface area contributed by atoms with Crippen LogP contribution in [0.1, 0.15) is 29.8 Å². The van der Waals surface area contributed by atoms with Gasteiger partial charge in [0.1, 0.15) is 5.56 Å². The molecule has 0 heterocycles. The smallest absolute Gasteiger partial charge is 0.420 e. The predicted octanol–water partition coefficient (Wildman–Crippen LogP) is 3.96. The van der Waals surface area contributed by atoms with Crippen LogP contribution in [0.3, 0.4) is 0 Å². The van der Waals surface area contributed by atoms with Crippen molar-refractivity contribution in [2.45, 2.75) is 20.0 Å². The van der Waals surface area contributed by atoms with Gasteiger partial charge in [-0.05, 0) is 26.0 Å².